The average Bonchev–Trinajstić information content (AvgIpc) is 3.13. The minimum Gasteiger partial charge on any atom is -0.436 e. The summed E-state index contributed by atoms with van der Waals surface area (Å²) in [5.41, 5.74) is 5.95. The van der Waals surface area contributed by atoms with Gasteiger partial charge in [-0.15, -0.1) is 0 Å². The second kappa shape index (κ2) is 7.60. The standard InChI is InChI=1S/C23H19BrN2O2/c1-3-15-5-11-21-20(12-15)26-23(28-21)17-6-4-14(2)19(13-17)25-22(27)16-7-9-18(24)10-8-16/h4-13H,3H2,1-2H3,(H,25,27). The zero-order valence-corrected chi connectivity index (χ0v) is 17.2. The summed E-state index contributed by atoms with van der Waals surface area (Å²) in [7, 11) is 0. The number of carbonyl (C=O) groups is 1. The molecule has 1 amide bonds. The summed E-state index contributed by atoms with van der Waals surface area (Å²) in [5.74, 6) is 0.389. The first-order chi connectivity index (χ1) is 13.5. The largest absolute Gasteiger partial charge is 0.436 e. The van der Waals surface area contributed by atoms with E-state index in [-0.39, 0.29) is 5.91 Å². The van der Waals surface area contributed by atoms with Crippen molar-refractivity contribution in [2.45, 2.75) is 20.3 Å². The smallest absolute Gasteiger partial charge is 0.255 e. The predicted molar refractivity (Wildman–Crippen MR) is 116 cm³/mol. The second-order valence-electron chi connectivity index (χ2n) is 6.67. The van der Waals surface area contributed by atoms with E-state index in [0.29, 0.717) is 11.5 Å². The minimum absolute atomic E-state index is 0.155. The first kappa shape index (κ1) is 18.4. The molecular formula is C23H19BrN2O2. The number of nitrogens with one attached hydrogen (secondary N) is 1. The topological polar surface area (TPSA) is 55.1 Å². The number of hydrogen-bond acceptors (Lipinski definition) is 3. The molecule has 0 bridgehead atoms. The molecular weight excluding hydrogens is 416 g/mol. The van der Waals surface area contributed by atoms with Crippen LogP contribution in [0, 0.1) is 6.92 Å². The third-order valence-corrected chi connectivity index (χ3v) is 5.23. The van der Waals surface area contributed by atoms with Gasteiger partial charge in [-0.2, -0.15) is 0 Å². The van der Waals surface area contributed by atoms with E-state index in [2.05, 4.69) is 39.2 Å². The van der Waals surface area contributed by atoms with Gasteiger partial charge >= 0.3 is 0 Å². The first-order valence-electron chi connectivity index (χ1n) is 9.11. The molecule has 0 aliphatic carbocycles. The van der Waals surface area contributed by atoms with Crippen LogP contribution >= 0.6 is 15.9 Å². The van der Waals surface area contributed by atoms with E-state index in [1.54, 1.807) is 12.1 Å². The zero-order chi connectivity index (χ0) is 19.7. The monoisotopic (exact) mass is 434 g/mol. The van der Waals surface area contributed by atoms with E-state index in [0.717, 1.165) is 38.8 Å². The van der Waals surface area contributed by atoms with E-state index >= 15 is 0 Å². The van der Waals surface area contributed by atoms with Crippen molar-refractivity contribution in [3.05, 3.63) is 81.8 Å². The lowest BCUT2D eigenvalue weighted by atomic mass is 10.1. The molecule has 0 aliphatic heterocycles. The Labute approximate surface area is 171 Å². The third-order valence-electron chi connectivity index (χ3n) is 4.70. The highest BCUT2D eigenvalue weighted by Crippen LogP contribution is 2.29. The Morgan fingerprint density at radius 1 is 1.07 bits per heavy atom. The van der Waals surface area contributed by atoms with Gasteiger partial charge < -0.3 is 9.73 Å². The molecule has 1 aromatic heterocycles. The van der Waals surface area contributed by atoms with Gasteiger partial charge in [0.15, 0.2) is 5.58 Å². The molecule has 0 radical (unpaired) electrons. The number of fused-ring (bicyclic) bond motifs is 1. The molecule has 5 heteroatoms. The Bertz CT molecular complexity index is 1160. The molecule has 0 unspecified atom stereocenters. The van der Waals surface area contributed by atoms with Gasteiger partial charge in [-0.3, -0.25) is 4.79 Å². The fourth-order valence-electron chi connectivity index (χ4n) is 3.00. The van der Waals surface area contributed by atoms with E-state index in [4.69, 9.17) is 4.42 Å². The summed E-state index contributed by atoms with van der Waals surface area (Å²) in [6.07, 6.45) is 0.953. The van der Waals surface area contributed by atoms with Crippen molar-refractivity contribution in [3.8, 4) is 11.5 Å². The lowest BCUT2D eigenvalue weighted by Gasteiger charge is -2.10. The summed E-state index contributed by atoms with van der Waals surface area (Å²) in [5, 5.41) is 2.98. The van der Waals surface area contributed by atoms with Crippen LogP contribution in [-0.2, 0) is 6.42 Å². The first-order valence-corrected chi connectivity index (χ1v) is 9.90. The highest BCUT2D eigenvalue weighted by molar-refractivity contribution is 9.10. The van der Waals surface area contributed by atoms with Crippen LogP contribution < -0.4 is 5.32 Å². The molecule has 28 heavy (non-hydrogen) atoms. The van der Waals surface area contributed by atoms with Crippen molar-refractivity contribution in [2.75, 3.05) is 5.32 Å². The maximum atomic E-state index is 12.6. The van der Waals surface area contributed by atoms with Crippen LogP contribution in [0.5, 0.6) is 0 Å². The average molecular weight is 435 g/mol. The molecule has 1 heterocycles. The number of oxazole rings is 1. The molecule has 4 aromatic rings. The van der Waals surface area contributed by atoms with Gasteiger partial charge in [-0.05, 0) is 73.0 Å². The maximum absolute atomic E-state index is 12.6. The van der Waals surface area contributed by atoms with Gasteiger partial charge in [0.25, 0.3) is 5.91 Å². The van der Waals surface area contributed by atoms with Crippen LogP contribution in [0.25, 0.3) is 22.6 Å². The van der Waals surface area contributed by atoms with Crippen LogP contribution in [0.2, 0.25) is 0 Å². The van der Waals surface area contributed by atoms with Gasteiger partial charge in [0.05, 0.1) is 0 Å². The number of rotatable bonds is 4. The number of halogens is 1. The highest BCUT2D eigenvalue weighted by atomic mass is 79.9. The van der Waals surface area contributed by atoms with Crippen molar-refractivity contribution in [2.24, 2.45) is 0 Å². The van der Waals surface area contributed by atoms with Crippen LogP contribution in [0.1, 0.15) is 28.4 Å². The van der Waals surface area contributed by atoms with Crippen LogP contribution in [0.15, 0.2) is 69.6 Å². The molecule has 140 valence electrons. The summed E-state index contributed by atoms with van der Waals surface area (Å²) in [6, 6.07) is 19.1. The Morgan fingerprint density at radius 3 is 2.61 bits per heavy atom. The van der Waals surface area contributed by atoms with Crippen molar-refractivity contribution < 1.29 is 9.21 Å². The number of aromatic nitrogens is 1. The van der Waals surface area contributed by atoms with Crippen molar-refractivity contribution in [3.63, 3.8) is 0 Å². The van der Waals surface area contributed by atoms with Gasteiger partial charge in [0.2, 0.25) is 5.89 Å². The molecule has 0 aliphatic rings. The van der Waals surface area contributed by atoms with Gasteiger partial charge in [0.1, 0.15) is 5.52 Å². The molecule has 1 N–H and O–H groups in total. The molecule has 0 saturated heterocycles. The molecule has 4 nitrogen and oxygen atoms in total. The summed E-state index contributed by atoms with van der Waals surface area (Å²) in [4.78, 5) is 17.2. The Morgan fingerprint density at radius 2 is 1.86 bits per heavy atom. The summed E-state index contributed by atoms with van der Waals surface area (Å²) >= 11 is 3.38. The lowest BCUT2D eigenvalue weighted by molar-refractivity contribution is 0.102. The van der Waals surface area contributed by atoms with Crippen molar-refractivity contribution >= 4 is 38.6 Å². The Hall–Kier alpha value is -2.92. The Balaban J connectivity index is 1.65. The number of benzene rings is 3. The quantitative estimate of drug-likeness (QED) is 0.405. The van der Waals surface area contributed by atoms with Gasteiger partial charge in [-0.25, -0.2) is 4.98 Å². The lowest BCUT2D eigenvalue weighted by Crippen LogP contribution is -2.12. The number of carbonyl (C=O) groups excluding carboxylic acids is 1. The zero-order valence-electron chi connectivity index (χ0n) is 15.6. The predicted octanol–water partition coefficient (Wildman–Crippen LogP) is 6.38. The third kappa shape index (κ3) is 3.71. The van der Waals surface area contributed by atoms with Gasteiger partial charge in [-0.1, -0.05) is 35.0 Å². The number of anilines is 1. The molecule has 0 saturated carbocycles. The molecule has 3 aromatic carbocycles. The maximum Gasteiger partial charge on any atom is 0.255 e. The van der Waals surface area contributed by atoms with Crippen molar-refractivity contribution in [1.82, 2.24) is 4.98 Å². The highest BCUT2D eigenvalue weighted by Gasteiger charge is 2.13. The molecule has 0 spiro atoms. The molecule has 4 rings (SSSR count). The fourth-order valence-corrected chi connectivity index (χ4v) is 3.27. The second-order valence-corrected chi connectivity index (χ2v) is 7.58. The van der Waals surface area contributed by atoms with Crippen molar-refractivity contribution in [1.29, 1.82) is 0 Å². The molecule has 0 atom stereocenters. The fraction of sp³-hybridized carbons (Fsp3) is 0.130. The molecule has 0 fully saturated rings. The SMILES string of the molecule is CCc1ccc2oc(-c3ccc(C)c(NC(=O)c4ccc(Br)cc4)c3)nc2c1. The Kier molecular flexibility index (Phi) is 5.01. The number of amides is 1. The van der Waals surface area contributed by atoms with E-state index in [1.807, 2.05) is 49.4 Å². The van der Waals surface area contributed by atoms with Crippen LogP contribution in [-0.4, -0.2) is 10.9 Å². The van der Waals surface area contributed by atoms with E-state index in [9.17, 15) is 4.79 Å². The number of hydrogen-bond donors (Lipinski definition) is 1. The van der Waals surface area contributed by atoms with Crippen LogP contribution in [0.4, 0.5) is 5.69 Å². The van der Waals surface area contributed by atoms with Gasteiger partial charge in [0, 0.05) is 21.3 Å². The number of nitrogens with zero attached hydrogens (tertiary/aromatic N) is 1. The minimum atomic E-state index is -0.155. The summed E-state index contributed by atoms with van der Waals surface area (Å²) in [6.45, 7) is 4.07. The normalized spacial score (nSPS) is 11.0. The summed E-state index contributed by atoms with van der Waals surface area (Å²) < 4.78 is 6.86. The van der Waals surface area contributed by atoms with E-state index in [1.165, 1.54) is 5.56 Å². The number of aryl methyl sites for hydroxylation is 2. The van der Waals surface area contributed by atoms with E-state index < -0.39 is 0 Å². The van der Waals surface area contributed by atoms with Crippen LogP contribution in [0.3, 0.4) is 0 Å².